The molecular formula is C20H20N2O4. The third kappa shape index (κ3) is 3.89. The summed E-state index contributed by atoms with van der Waals surface area (Å²) in [7, 11) is 0. The van der Waals surface area contributed by atoms with Crippen molar-refractivity contribution in [1.29, 1.82) is 5.26 Å². The van der Waals surface area contributed by atoms with E-state index in [0.717, 1.165) is 17.7 Å². The van der Waals surface area contributed by atoms with E-state index in [1.807, 2.05) is 26.0 Å². The third-order valence-electron chi connectivity index (χ3n) is 3.94. The number of carbonyl (C=O) groups is 1. The van der Waals surface area contributed by atoms with Gasteiger partial charge in [-0.3, -0.25) is 4.79 Å². The van der Waals surface area contributed by atoms with Crippen LogP contribution in [0.5, 0.6) is 17.2 Å². The molecule has 1 heterocycles. The van der Waals surface area contributed by atoms with E-state index in [0.29, 0.717) is 29.4 Å². The minimum atomic E-state index is -0.343. The van der Waals surface area contributed by atoms with Crippen molar-refractivity contribution in [3.63, 3.8) is 0 Å². The van der Waals surface area contributed by atoms with Crippen molar-refractivity contribution in [3.05, 3.63) is 47.5 Å². The fourth-order valence-corrected chi connectivity index (χ4v) is 2.83. The highest BCUT2D eigenvalue weighted by atomic mass is 16.5. The molecule has 0 spiro atoms. The van der Waals surface area contributed by atoms with Gasteiger partial charge in [-0.2, -0.15) is 5.26 Å². The summed E-state index contributed by atoms with van der Waals surface area (Å²) in [6, 6.07) is 12.5. The van der Waals surface area contributed by atoms with Crippen LogP contribution < -0.4 is 19.5 Å². The van der Waals surface area contributed by atoms with E-state index in [-0.39, 0.29) is 18.6 Å². The first-order valence-corrected chi connectivity index (χ1v) is 8.49. The second-order valence-corrected chi connectivity index (χ2v) is 5.97. The normalized spacial score (nSPS) is 14.7. The highest BCUT2D eigenvalue weighted by Gasteiger charge is 2.22. The number of para-hydroxylation sites is 1. The van der Waals surface area contributed by atoms with E-state index >= 15 is 0 Å². The molecule has 0 bridgehead atoms. The average Bonchev–Trinajstić information content (AvgIpc) is 2.99. The number of hydrogen-bond acceptors (Lipinski definition) is 5. The molecule has 0 fully saturated rings. The molecule has 0 aromatic heterocycles. The molecule has 0 aliphatic carbocycles. The minimum Gasteiger partial charge on any atom is -0.492 e. The molecule has 1 N–H and O–H groups in total. The van der Waals surface area contributed by atoms with E-state index < -0.39 is 0 Å². The fourth-order valence-electron chi connectivity index (χ4n) is 2.83. The SMILES string of the molecule is CCOc1cc2c(cc1NC(=O)COc1ccccc1C#N)OC(C)C2. The summed E-state index contributed by atoms with van der Waals surface area (Å²) >= 11 is 0. The van der Waals surface area contributed by atoms with Crippen LogP contribution in [0.2, 0.25) is 0 Å². The van der Waals surface area contributed by atoms with Crippen LogP contribution >= 0.6 is 0 Å². The van der Waals surface area contributed by atoms with Crippen LogP contribution in [0.3, 0.4) is 0 Å². The van der Waals surface area contributed by atoms with Crippen molar-refractivity contribution >= 4 is 11.6 Å². The summed E-state index contributed by atoms with van der Waals surface area (Å²) in [5.74, 6) is 1.40. The maximum absolute atomic E-state index is 12.3. The first-order chi connectivity index (χ1) is 12.6. The largest absolute Gasteiger partial charge is 0.492 e. The van der Waals surface area contributed by atoms with E-state index in [1.165, 1.54) is 0 Å². The molecule has 2 aromatic rings. The summed E-state index contributed by atoms with van der Waals surface area (Å²) in [6.07, 6.45) is 0.925. The maximum Gasteiger partial charge on any atom is 0.262 e. The highest BCUT2D eigenvalue weighted by Crippen LogP contribution is 2.38. The zero-order valence-electron chi connectivity index (χ0n) is 14.7. The molecule has 1 unspecified atom stereocenters. The van der Waals surface area contributed by atoms with E-state index in [2.05, 4.69) is 5.32 Å². The van der Waals surface area contributed by atoms with Gasteiger partial charge in [0.2, 0.25) is 0 Å². The lowest BCUT2D eigenvalue weighted by Gasteiger charge is -2.14. The fraction of sp³-hybridized carbons (Fsp3) is 0.300. The highest BCUT2D eigenvalue weighted by molar-refractivity contribution is 5.93. The summed E-state index contributed by atoms with van der Waals surface area (Å²) in [4.78, 5) is 12.3. The van der Waals surface area contributed by atoms with Crippen LogP contribution in [0, 0.1) is 11.3 Å². The predicted molar refractivity (Wildman–Crippen MR) is 96.7 cm³/mol. The van der Waals surface area contributed by atoms with Crippen molar-refractivity contribution in [1.82, 2.24) is 0 Å². The number of carbonyl (C=O) groups excluding carboxylic acids is 1. The van der Waals surface area contributed by atoms with Crippen molar-refractivity contribution in [2.45, 2.75) is 26.4 Å². The number of fused-ring (bicyclic) bond motifs is 1. The Hall–Kier alpha value is -3.20. The van der Waals surface area contributed by atoms with Crippen LogP contribution in [0.1, 0.15) is 25.0 Å². The molecule has 1 amide bonds. The Morgan fingerprint density at radius 2 is 2.12 bits per heavy atom. The summed E-state index contributed by atoms with van der Waals surface area (Å²) < 4.78 is 16.9. The molecule has 1 aliphatic rings. The summed E-state index contributed by atoms with van der Waals surface area (Å²) in [5.41, 5.74) is 2.00. The van der Waals surface area contributed by atoms with Gasteiger partial charge in [-0.05, 0) is 32.0 Å². The lowest BCUT2D eigenvalue weighted by Crippen LogP contribution is -2.21. The molecule has 0 saturated carbocycles. The van der Waals surface area contributed by atoms with Crippen molar-refractivity contribution < 1.29 is 19.0 Å². The van der Waals surface area contributed by atoms with Crippen molar-refractivity contribution in [2.75, 3.05) is 18.5 Å². The Bertz CT molecular complexity index is 857. The van der Waals surface area contributed by atoms with Crippen LogP contribution in [0.25, 0.3) is 0 Å². The molecule has 1 aliphatic heterocycles. The quantitative estimate of drug-likeness (QED) is 0.863. The smallest absolute Gasteiger partial charge is 0.262 e. The van der Waals surface area contributed by atoms with E-state index in [4.69, 9.17) is 19.5 Å². The third-order valence-corrected chi connectivity index (χ3v) is 3.94. The number of anilines is 1. The Morgan fingerprint density at radius 3 is 2.88 bits per heavy atom. The van der Waals surface area contributed by atoms with Crippen molar-refractivity contribution in [2.24, 2.45) is 0 Å². The standard InChI is InChI=1S/C20H20N2O4/c1-3-24-19-9-15-8-13(2)26-18(15)10-16(19)22-20(23)12-25-17-7-5-4-6-14(17)11-21/h4-7,9-10,13H,3,8,12H2,1-2H3,(H,22,23). The zero-order valence-corrected chi connectivity index (χ0v) is 14.7. The number of nitrogens with zero attached hydrogens (tertiary/aromatic N) is 1. The number of benzene rings is 2. The number of amides is 1. The Balaban J connectivity index is 1.71. The van der Waals surface area contributed by atoms with Gasteiger partial charge in [-0.25, -0.2) is 0 Å². The molecule has 6 nitrogen and oxygen atoms in total. The average molecular weight is 352 g/mol. The minimum absolute atomic E-state index is 0.108. The second-order valence-electron chi connectivity index (χ2n) is 5.97. The molecule has 26 heavy (non-hydrogen) atoms. The van der Waals surface area contributed by atoms with Gasteiger partial charge in [-0.1, -0.05) is 12.1 Å². The van der Waals surface area contributed by atoms with Crippen LogP contribution in [-0.4, -0.2) is 25.2 Å². The van der Waals surface area contributed by atoms with Gasteiger partial charge in [0.15, 0.2) is 6.61 Å². The Kier molecular flexibility index (Phi) is 5.28. The lowest BCUT2D eigenvalue weighted by molar-refractivity contribution is -0.118. The molecule has 0 saturated heterocycles. The maximum atomic E-state index is 12.3. The van der Waals surface area contributed by atoms with Crippen LogP contribution in [0.4, 0.5) is 5.69 Å². The number of ether oxygens (including phenoxy) is 3. The Morgan fingerprint density at radius 1 is 1.31 bits per heavy atom. The molecule has 3 rings (SSSR count). The molecule has 2 aromatic carbocycles. The molecule has 134 valence electrons. The molecular weight excluding hydrogens is 332 g/mol. The summed E-state index contributed by atoms with van der Waals surface area (Å²) in [5, 5.41) is 11.9. The van der Waals surface area contributed by atoms with Gasteiger partial charge >= 0.3 is 0 Å². The first kappa shape index (κ1) is 17.6. The predicted octanol–water partition coefficient (Wildman–Crippen LogP) is 3.30. The lowest BCUT2D eigenvalue weighted by atomic mass is 10.1. The van der Waals surface area contributed by atoms with Crippen molar-refractivity contribution in [3.8, 4) is 23.3 Å². The van der Waals surface area contributed by atoms with Gasteiger partial charge < -0.3 is 19.5 Å². The van der Waals surface area contributed by atoms with Gasteiger partial charge in [0.25, 0.3) is 5.91 Å². The van der Waals surface area contributed by atoms with Gasteiger partial charge in [0, 0.05) is 18.1 Å². The summed E-state index contributed by atoms with van der Waals surface area (Å²) in [6.45, 7) is 4.17. The van der Waals surface area contributed by atoms with Crippen LogP contribution in [0.15, 0.2) is 36.4 Å². The van der Waals surface area contributed by atoms with E-state index in [9.17, 15) is 4.79 Å². The number of rotatable bonds is 6. The second kappa shape index (κ2) is 7.79. The monoisotopic (exact) mass is 352 g/mol. The molecule has 0 radical (unpaired) electrons. The number of hydrogen-bond donors (Lipinski definition) is 1. The topological polar surface area (TPSA) is 80.6 Å². The Labute approximate surface area is 152 Å². The number of nitriles is 1. The van der Waals surface area contributed by atoms with Gasteiger partial charge in [-0.15, -0.1) is 0 Å². The van der Waals surface area contributed by atoms with Gasteiger partial charge in [0.05, 0.1) is 17.9 Å². The van der Waals surface area contributed by atoms with E-state index in [1.54, 1.807) is 30.3 Å². The van der Waals surface area contributed by atoms with Gasteiger partial charge in [0.1, 0.15) is 29.4 Å². The molecule has 6 heteroatoms. The molecule has 1 atom stereocenters. The van der Waals surface area contributed by atoms with Crippen LogP contribution in [-0.2, 0) is 11.2 Å². The first-order valence-electron chi connectivity index (χ1n) is 8.49. The number of nitrogens with one attached hydrogen (secondary N) is 1. The zero-order chi connectivity index (χ0) is 18.5.